The fourth-order valence-corrected chi connectivity index (χ4v) is 2.88. The average Bonchev–Trinajstić information content (AvgIpc) is 2.90. The number of benzene rings is 1. The molecule has 0 radical (unpaired) electrons. The molecule has 1 aromatic rings. The van der Waals surface area contributed by atoms with Crippen molar-refractivity contribution in [1.29, 1.82) is 0 Å². The van der Waals surface area contributed by atoms with Crippen LogP contribution in [0.1, 0.15) is 11.6 Å². The number of halogens is 1. The summed E-state index contributed by atoms with van der Waals surface area (Å²) in [6, 6.07) is 3.73. The van der Waals surface area contributed by atoms with Crippen LogP contribution in [0.3, 0.4) is 0 Å². The number of aliphatic hydroxyl groups excluding tert-OH is 1. The summed E-state index contributed by atoms with van der Waals surface area (Å²) in [5.41, 5.74) is 0.971. The van der Waals surface area contributed by atoms with E-state index in [9.17, 15) is 5.11 Å². The minimum absolute atomic E-state index is 0.0471. The topological polar surface area (TPSA) is 54.0 Å². The molecule has 2 aliphatic rings. The van der Waals surface area contributed by atoms with Crippen molar-refractivity contribution in [3.05, 3.63) is 22.7 Å². The van der Waals surface area contributed by atoms with Gasteiger partial charge in [-0.25, -0.2) is 0 Å². The first kappa shape index (κ1) is 13.0. The van der Waals surface area contributed by atoms with E-state index in [-0.39, 0.29) is 19.4 Å². The van der Waals surface area contributed by atoms with Crippen molar-refractivity contribution in [3.63, 3.8) is 0 Å². The van der Waals surface area contributed by atoms with Crippen LogP contribution in [0.2, 0.25) is 5.02 Å². The van der Waals surface area contributed by atoms with Gasteiger partial charge in [-0.15, -0.1) is 0 Å². The molecule has 6 heteroatoms. The monoisotopic (exact) mass is 284 g/mol. The van der Waals surface area contributed by atoms with E-state index in [1.165, 1.54) is 0 Å². The van der Waals surface area contributed by atoms with E-state index in [1.807, 2.05) is 12.1 Å². The smallest absolute Gasteiger partial charge is 0.231 e. The summed E-state index contributed by atoms with van der Waals surface area (Å²) in [6.07, 6.45) is 0. The largest absolute Gasteiger partial charge is 0.454 e. The fourth-order valence-electron chi connectivity index (χ4n) is 2.61. The summed E-state index contributed by atoms with van der Waals surface area (Å²) < 4.78 is 10.7. The molecule has 19 heavy (non-hydrogen) atoms. The summed E-state index contributed by atoms with van der Waals surface area (Å²) in [4.78, 5) is 2.25. The van der Waals surface area contributed by atoms with Crippen molar-refractivity contribution < 1.29 is 14.6 Å². The zero-order valence-electron chi connectivity index (χ0n) is 10.6. The van der Waals surface area contributed by atoms with E-state index >= 15 is 0 Å². The number of piperazine rings is 1. The average molecular weight is 285 g/mol. The van der Waals surface area contributed by atoms with Gasteiger partial charge < -0.3 is 19.9 Å². The maximum atomic E-state index is 9.69. The van der Waals surface area contributed by atoms with Crippen molar-refractivity contribution >= 4 is 11.6 Å². The Labute approximate surface area is 117 Å². The molecule has 2 aliphatic heterocycles. The molecule has 1 aromatic carbocycles. The van der Waals surface area contributed by atoms with Gasteiger partial charge in [0, 0.05) is 26.2 Å². The van der Waals surface area contributed by atoms with Gasteiger partial charge in [0.2, 0.25) is 6.79 Å². The zero-order chi connectivity index (χ0) is 13.2. The lowest BCUT2D eigenvalue weighted by molar-refractivity contribution is 0.110. The van der Waals surface area contributed by atoms with Gasteiger partial charge in [0.1, 0.15) is 0 Å². The van der Waals surface area contributed by atoms with Crippen molar-refractivity contribution in [2.75, 3.05) is 39.6 Å². The van der Waals surface area contributed by atoms with E-state index in [1.54, 1.807) is 0 Å². The number of nitrogens with zero attached hydrogens (tertiary/aromatic N) is 1. The third-order valence-corrected chi connectivity index (χ3v) is 3.88. The Morgan fingerprint density at radius 3 is 2.84 bits per heavy atom. The summed E-state index contributed by atoms with van der Waals surface area (Å²) in [6.45, 7) is 3.98. The predicted octanol–water partition coefficient (Wildman–Crippen LogP) is 1.01. The normalized spacial score (nSPS) is 20.5. The Hall–Kier alpha value is -1.01. The number of ether oxygens (including phenoxy) is 2. The van der Waals surface area contributed by atoms with E-state index in [0.717, 1.165) is 31.7 Å². The highest BCUT2D eigenvalue weighted by atomic mass is 35.5. The van der Waals surface area contributed by atoms with Gasteiger partial charge >= 0.3 is 0 Å². The highest BCUT2D eigenvalue weighted by Gasteiger charge is 2.25. The Morgan fingerprint density at radius 2 is 2.11 bits per heavy atom. The van der Waals surface area contributed by atoms with Crippen LogP contribution in [0.15, 0.2) is 12.1 Å². The van der Waals surface area contributed by atoms with Crippen LogP contribution < -0.4 is 14.8 Å². The fraction of sp³-hybridized carbons (Fsp3) is 0.538. The Kier molecular flexibility index (Phi) is 3.79. The molecule has 1 fully saturated rings. The van der Waals surface area contributed by atoms with Crippen molar-refractivity contribution in [1.82, 2.24) is 10.2 Å². The molecule has 3 rings (SSSR count). The van der Waals surface area contributed by atoms with E-state index < -0.39 is 0 Å². The predicted molar refractivity (Wildman–Crippen MR) is 71.8 cm³/mol. The quantitative estimate of drug-likeness (QED) is 0.868. The molecule has 1 saturated heterocycles. The number of fused-ring (bicyclic) bond motifs is 1. The highest BCUT2D eigenvalue weighted by Crippen LogP contribution is 2.41. The molecule has 104 valence electrons. The molecular weight excluding hydrogens is 268 g/mol. The van der Waals surface area contributed by atoms with E-state index in [0.29, 0.717) is 16.5 Å². The molecular formula is C13H17ClN2O3. The molecule has 5 nitrogen and oxygen atoms in total. The van der Waals surface area contributed by atoms with Gasteiger partial charge in [0.15, 0.2) is 11.5 Å². The van der Waals surface area contributed by atoms with Gasteiger partial charge in [-0.2, -0.15) is 0 Å². The van der Waals surface area contributed by atoms with Crippen molar-refractivity contribution in [2.24, 2.45) is 0 Å². The number of rotatable bonds is 3. The van der Waals surface area contributed by atoms with Gasteiger partial charge in [-0.3, -0.25) is 4.90 Å². The first-order valence-electron chi connectivity index (χ1n) is 6.44. The molecule has 0 aromatic heterocycles. The highest BCUT2D eigenvalue weighted by molar-refractivity contribution is 6.32. The lowest BCUT2D eigenvalue weighted by Gasteiger charge is -2.34. The lowest BCUT2D eigenvalue weighted by atomic mass is 10.0. The maximum Gasteiger partial charge on any atom is 0.231 e. The Balaban J connectivity index is 1.88. The molecule has 0 bridgehead atoms. The van der Waals surface area contributed by atoms with Gasteiger partial charge in [-0.1, -0.05) is 11.6 Å². The van der Waals surface area contributed by atoms with Gasteiger partial charge in [0.25, 0.3) is 0 Å². The molecule has 0 aliphatic carbocycles. The van der Waals surface area contributed by atoms with Crippen LogP contribution in [0, 0.1) is 0 Å². The summed E-state index contributed by atoms with van der Waals surface area (Å²) in [7, 11) is 0. The standard InChI is InChI=1S/C13H17ClN2O3/c14-10-5-9(6-12-13(10)19-8-18-12)11(7-17)16-3-1-15-2-4-16/h5-6,11,15,17H,1-4,7-8H2. The van der Waals surface area contributed by atoms with Gasteiger partial charge in [-0.05, 0) is 17.7 Å². The molecule has 0 saturated carbocycles. The SMILES string of the molecule is OCC(c1cc(Cl)c2c(c1)OCO2)N1CCNCC1. The number of hydrogen-bond acceptors (Lipinski definition) is 5. The Morgan fingerprint density at radius 1 is 1.32 bits per heavy atom. The lowest BCUT2D eigenvalue weighted by Crippen LogP contribution is -2.46. The summed E-state index contributed by atoms with van der Waals surface area (Å²) in [5.74, 6) is 1.26. The third kappa shape index (κ3) is 2.51. The van der Waals surface area contributed by atoms with Crippen LogP contribution in [0.4, 0.5) is 0 Å². The summed E-state index contributed by atoms with van der Waals surface area (Å²) >= 11 is 6.20. The molecule has 0 spiro atoms. The molecule has 2 N–H and O–H groups in total. The first-order chi connectivity index (χ1) is 9.29. The maximum absolute atomic E-state index is 9.69. The molecule has 0 amide bonds. The number of hydrogen-bond donors (Lipinski definition) is 2. The van der Waals surface area contributed by atoms with Crippen LogP contribution in [-0.4, -0.2) is 49.6 Å². The van der Waals surface area contributed by atoms with Crippen LogP contribution in [0.25, 0.3) is 0 Å². The second-order valence-corrected chi connectivity index (χ2v) is 5.13. The van der Waals surface area contributed by atoms with Crippen LogP contribution in [-0.2, 0) is 0 Å². The second kappa shape index (κ2) is 5.54. The molecule has 1 atom stereocenters. The Bertz CT molecular complexity index is 463. The second-order valence-electron chi connectivity index (χ2n) is 4.72. The van der Waals surface area contributed by atoms with Crippen LogP contribution in [0.5, 0.6) is 11.5 Å². The van der Waals surface area contributed by atoms with Crippen molar-refractivity contribution in [3.8, 4) is 11.5 Å². The van der Waals surface area contributed by atoms with E-state index in [2.05, 4.69) is 10.2 Å². The minimum atomic E-state index is -0.0471. The molecule has 2 heterocycles. The van der Waals surface area contributed by atoms with Gasteiger partial charge in [0.05, 0.1) is 17.7 Å². The number of nitrogens with one attached hydrogen (secondary N) is 1. The summed E-state index contributed by atoms with van der Waals surface area (Å²) in [5, 5.41) is 13.5. The third-order valence-electron chi connectivity index (χ3n) is 3.60. The van der Waals surface area contributed by atoms with E-state index in [4.69, 9.17) is 21.1 Å². The number of aliphatic hydroxyl groups is 1. The minimum Gasteiger partial charge on any atom is -0.454 e. The zero-order valence-corrected chi connectivity index (χ0v) is 11.3. The van der Waals surface area contributed by atoms with Crippen molar-refractivity contribution in [2.45, 2.75) is 6.04 Å². The molecule has 1 unspecified atom stereocenters. The van der Waals surface area contributed by atoms with Crippen LogP contribution >= 0.6 is 11.6 Å². The first-order valence-corrected chi connectivity index (χ1v) is 6.82.